The number of benzene rings is 1. The Labute approximate surface area is 112 Å². The second kappa shape index (κ2) is 9.18. The first kappa shape index (κ1) is 15.3. The van der Waals surface area contributed by atoms with E-state index in [-0.39, 0.29) is 5.84 Å². The van der Waals surface area contributed by atoms with Gasteiger partial charge >= 0.3 is 0 Å². The van der Waals surface area contributed by atoms with E-state index in [1.807, 2.05) is 6.07 Å². The number of nitrogens with zero attached hydrogens (tertiary/aromatic N) is 1. The van der Waals surface area contributed by atoms with Crippen LogP contribution < -0.4 is 10.5 Å². The minimum Gasteiger partial charge on any atom is -0.493 e. The summed E-state index contributed by atoms with van der Waals surface area (Å²) in [6.07, 6.45) is 0.758. The van der Waals surface area contributed by atoms with Crippen molar-refractivity contribution in [3.8, 4) is 5.75 Å². The predicted octanol–water partition coefficient (Wildman–Crippen LogP) is 1.21. The van der Waals surface area contributed by atoms with Gasteiger partial charge in [0.1, 0.15) is 5.75 Å². The fourth-order valence-electron chi connectivity index (χ4n) is 1.45. The van der Waals surface area contributed by atoms with Crippen LogP contribution in [0.4, 0.5) is 0 Å². The molecule has 0 spiro atoms. The summed E-state index contributed by atoms with van der Waals surface area (Å²) in [7, 11) is 1.64. The lowest BCUT2D eigenvalue weighted by Crippen LogP contribution is -2.15. The molecule has 0 aliphatic carbocycles. The Kier molecular flexibility index (Phi) is 7.38. The van der Waals surface area contributed by atoms with E-state index in [1.54, 1.807) is 25.3 Å². The van der Waals surface area contributed by atoms with E-state index >= 15 is 0 Å². The van der Waals surface area contributed by atoms with Crippen molar-refractivity contribution in [3.63, 3.8) is 0 Å². The minimum atomic E-state index is 0.0342. The van der Waals surface area contributed by atoms with E-state index < -0.39 is 0 Å². The lowest BCUT2D eigenvalue weighted by Gasteiger charge is -2.10. The molecule has 6 heteroatoms. The lowest BCUT2D eigenvalue weighted by atomic mass is 10.2. The third kappa shape index (κ3) is 5.58. The summed E-state index contributed by atoms with van der Waals surface area (Å²) in [5.74, 6) is 0.627. The average Bonchev–Trinajstić information content (AvgIpc) is 2.46. The number of rotatable bonds is 9. The van der Waals surface area contributed by atoms with Crippen LogP contribution in [0.5, 0.6) is 5.75 Å². The molecule has 19 heavy (non-hydrogen) atoms. The van der Waals surface area contributed by atoms with Gasteiger partial charge in [-0.05, 0) is 12.1 Å². The molecule has 0 bridgehead atoms. The second-order valence-corrected chi connectivity index (χ2v) is 3.79. The van der Waals surface area contributed by atoms with Crippen LogP contribution in [0.25, 0.3) is 0 Å². The first-order chi connectivity index (χ1) is 9.29. The van der Waals surface area contributed by atoms with E-state index in [9.17, 15) is 0 Å². The zero-order valence-corrected chi connectivity index (χ0v) is 11.0. The molecule has 1 aromatic rings. The number of oxime groups is 1. The highest BCUT2D eigenvalue weighted by molar-refractivity contribution is 5.99. The topological polar surface area (TPSA) is 86.3 Å². The van der Waals surface area contributed by atoms with Gasteiger partial charge in [0.15, 0.2) is 5.84 Å². The molecule has 0 amide bonds. The molecule has 0 fully saturated rings. The van der Waals surface area contributed by atoms with Gasteiger partial charge in [0.2, 0.25) is 0 Å². The van der Waals surface area contributed by atoms with Crippen molar-refractivity contribution in [1.29, 1.82) is 0 Å². The largest absolute Gasteiger partial charge is 0.493 e. The van der Waals surface area contributed by atoms with Gasteiger partial charge in [0, 0.05) is 20.1 Å². The zero-order chi connectivity index (χ0) is 13.9. The number of hydrogen-bond acceptors (Lipinski definition) is 5. The van der Waals surface area contributed by atoms with Crippen LogP contribution >= 0.6 is 0 Å². The van der Waals surface area contributed by atoms with Crippen molar-refractivity contribution < 1.29 is 19.4 Å². The first-order valence-electron chi connectivity index (χ1n) is 6.06. The van der Waals surface area contributed by atoms with E-state index in [2.05, 4.69) is 5.16 Å². The normalized spacial score (nSPS) is 11.5. The SMILES string of the molecule is COCCOCCCOc1ccccc1/C(N)=N/O. The lowest BCUT2D eigenvalue weighted by molar-refractivity contribution is 0.0644. The van der Waals surface area contributed by atoms with Crippen molar-refractivity contribution >= 4 is 5.84 Å². The van der Waals surface area contributed by atoms with E-state index in [0.29, 0.717) is 37.7 Å². The van der Waals surface area contributed by atoms with Crippen molar-refractivity contribution in [2.24, 2.45) is 10.9 Å². The highest BCUT2D eigenvalue weighted by Crippen LogP contribution is 2.17. The Morgan fingerprint density at radius 1 is 1.21 bits per heavy atom. The summed E-state index contributed by atoms with van der Waals surface area (Å²) in [5.41, 5.74) is 6.14. The average molecular weight is 268 g/mol. The number of nitrogens with two attached hydrogens (primary N) is 1. The molecule has 1 aromatic carbocycles. The molecule has 0 atom stereocenters. The van der Waals surface area contributed by atoms with Crippen molar-refractivity contribution in [3.05, 3.63) is 29.8 Å². The Morgan fingerprint density at radius 2 is 2.00 bits per heavy atom. The summed E-state index contributed by atoms with van der Waals surface area (Å²) >= 11 is 0. The van der Waals surface area contributed by atoms with Gasteiger partial charge in [-0.1, -0.05) is 17.3 Å². The summed E-state index contributed by atoms with van der Waals surface area (Å²) in [6, 6.07) is 7.14. The summed E-state index contributed by atoms with van der Waals surface area (Å²) in [4.78, 5) is 0. The van der Waals surface area contributed by atoms with Crippen molar-refractivity contribution in [2.75, 3.05) is 33.5 Å². The zero-order valence-electron chi connectivity index (χ0n) is 11.0. The summed E-state index contributed by atoms with van der Waals surface area (Å²) in [6.45, 7) is 2.28. The van der Waals surface area contributed by atoms with Gasteiger partial charge in [0.05, 0.1) is 25.4 Å². The number of para-hydroxylation sites is 1. The molecule has 0 aliphatic rings. The number of hydrogen-bond donors (Lipinski definition) is 2. The van der Waals surface area contributed by atoms with Gasteiger partial charge in [-0.15, -0.1) is 0 Å². The fourth-order valence-corrected chi connectivity index (χ4v) is 1.45. The molecule has 0 saturated carbocycles. The third-order valence-electron chi connectivity index (χ3n) is 2.39. The molecule has 0 saturated heterocycles. The predicted molar refractivity (Wildman–Crippen MR) is 71.8 cm³/mol. The standard InChI is InChI=1S/C13H20N2O4/c1-17-9-10-18-7-4-8-19-12-6-3-2-5-11(12)13(14)15-16/h2-3,5-6,16H,4,7-10H2,1H3,(H2,14,15). The van der Waals surface area contributed by atoms with Crippen LogP contribution in [-0.2, 0) is 9.47 Å². The minimum absolute atomic E-state index is 0.0342. The van der Waals surface area contributed by atoms with Gasteiger partial charge in [0.25, 0.3) is 0 Å². The van der Waals surface area contributed by atoms with Crippen molar-refractivity contribution in [2.45, 2.75) is 6.42 Å². The maximum atomic E-state index is 8.68. The molecule has 0 heterocycles. The molecular weight excluding hydrogens is 248 g/mol. The maximum Gasteiger partial charge on any atom is 0.173 e. The first-order valence-corrected chi connectivity index (χ1v) is 6.06. The molecular formula is C13H20N2O4. The van der Waals surface area contributed by atoms with Crippen LogP contribution in [0.15, 0.2) is 29.4 Å². The highest BCUT2D eigenvalue weighted by atomic mass is 16.5. The van der Waals surface area contributed by atoms with Crippen molar-refractivity contribution in [1.82, 2.24) is 0 Å². The Balaban J connectivity index is 2.33. The smallest absolute Gasteiger partial charge is 0.173 e. The van der Waals surface area contributed by atoms with E-state index in [4.69, 9.17) is 25.2 Å². The van der Waals surface area contributed by atoms with Crippen LogP contribution in [0.2, 0.25) is 0 Å². The van der Waals surface area contributed by atoms with Crippen LogP contribution in [0.3, 0.4) is 0 Å². The van der Waals surface area contributed by atoms with Crippen LogP contribution in [0.1, 0.15) is 12.0 Å². The Hall–Kier alpha value is -1.79. The van der Waals surface area contributed by atoms with Gasteiger partial charge < -0.3 is 25.2 Å². The Bertz CT molecular complexity index is 396. The van der Waals surface area contributed by atoms with Gasteiger partial charge in [-0.2, -0.15) is 0 Å². The third-order valence-corrected chi connectivity index (χ3v) is 2.39. The monoisotopic (exact) mass is 268 g/mol. The van der Waals surface area contributed by atoms with Gasteiger partial charge in [-0.25, -0.2) is 0 Å². The number of methoxy groups -OCH3 is 1. The molecule has 6 nitrogen and oxygen atoms in total. The molecule has 0 unspecified atom stereocenters. The van der Waals surface area contributed by atoms with Gasteiger partial charge in [-0.3, -0.25) is 0 Å². The maximum absolute atomic E-state index is 8.68. The quantitative estimate of drug-likeness (QED) is 0.231. The molecule has 3 N–H and O–H groups in total. The second-order valence-electron chi connectivity index (χ2n) is 3.79. The molecule has 1 rings (SSSR count). The molecule has 0 radical (unpaired) electrons. The molecule has 0 aliphatic heterocycles. The number of amidine groups is 1. The van der Waals surface area contributed by atoms with E-state index in [1.165, 1.54) is 0 Å². The summed E-state index contributed by atoms with van der Waals surface area (Å²) in [5, 5.41) is 11.7. The molecule has 106 valence electrons. The van der Waals surface area contributed by atoms with Crippen LogP contribution in [-0.4, -0.2) is 44.6 Å². The van der Waals surface area contributed by atoms with Crippen LogP contribution in [0, 0.1) is 0 Å². The Morgan fingerprint density at radius 3 is 2.74 bits per heavy atom. The fraction of sp³-hybridized carbons (Fsp3) is 0.462. The summed E-state index contributed by atoms with van der Waals surface area (Å²) < 4.78 is 15.8. The molecule has 0 aromatic heterocycles. The number of ether oxygens (including phenoxy) is 3. The highest BCUT2D eigenvalue weighted by Gasteiger charge is 2.06. The van der Waals surface area contributed by atoms with E-state index in [0.717, 1.165) is 6.42 Å².